The van der Waals surface area contributed by atoms with E-state index < -0.39 is 0 Å². The number of aryl methyl sites for hydroxylation is 1. The summed E-state index contributed by atoms with van der Waals surface area (Å²) in [5.41, 5.74) is 4.65. The van der Waals surface area contributed by atoms with Gasteiger partial charge in [0.2, 0.25) is 0 Å². The first kappa shape index (κ1) is 27.1. The number of carbonyl (C=O) groups excluding carboxylic acids is 1. The number of nitrogens with zero attached hydrogens (tertiary/aromatic N) is 3. The van der Waals surface area contributed by atoms with Gasteiger partial charge >= 0.3 is 6.03 Å². The van der Waals surface area contributed by atoms with E-state index in [0.29, 0.717) is 39.5 Å². The zero-order chi connectivity index (χ0) is 27.4. The van der Waals surface area contributed by atoms with Crippen molar-refractivity contribution in [2.75, 3.05) is 74.3 Å². The van der Waals surface area contributed by atoms with Crippen LogP contribution in [0.1, 0.15) is 29.2 Å². The first-order valence-corrected chi connectivity index (χ1v) is 13.7. The number of urea groups is 1. The predicted octanol–water partition coefficient (Wildman–Crippen LogP) is 4.11. The van der Waals surface area contributed by atoms with E-state index in [1.165, 1.54) is 11.1 Å². The standard InChI is InChI=1S/C30H40N4O5/c1-32(2)11-16-39-29-19-25-21(17-28(29)37-4)9-10-34(30(35)33-12-14-38-15-13-33)27(25)8-5-22-20-31-26-7-6-23(36-3)18-24(22)26/h6-7,17-20,27,31H,5,8-16H2,1-4H3. The Balaban J connectivity index is 1.47. The van der Waals surface area contributed by atoms with Crippen LogP contribution in [-0.2, 0) is 17.6 Å². The SMILES string of the molecule is COc1ccc2[nH]cc(CCC3c4cc(OCCN(C)C)c(OC)cc4CCN3C(=O)N3CCOCC3)c2c1. The molecule has 0 saturated carbocycles. The summed E-state index contributed by atoms with van der Waals surface area (Å²) in [6.45, 7) is 4.44. The highest BCUT2D eigenvalue weighted by Gasteiger charge is 2.35. The summed E-state index contributed by atoms with van der Waals surface area (Å²) in [5, 5.41) is 1.15. The number of fused-ring (bicyclic) bond motifs is 2. The van der Waals surface area contributed by atoms with Crippen LogP contribution in [0, 0.1) is 0 Å². The number of benzene rings is 2. The van der Waals surface area contributed by atoms with Crippen LogP contribution in [0.3, 0.4) is 0 Å². The molecule has 210 valence electrons. The largest absolute Gasteiger partial charge is 0.497 e. The summed E-state index contributed by atoms with van der Waals surface area (Å²) in [6.07, 6.45) is 4.45. The van der Waals surface area contributed by atoms with Gasteiger partial charge in [0.05, 0.1) is 33.5 Å². The number of methoxy groups -OCH3 is 2. The lowest BCUT2D eigenvalue weighted by Crippen LogP contribution is -2.51. The van der Waals surface area contributed by atoms with E-state index in [1.54, 1.807) is 14.2 Å². The Hall–Kier alpha value is -3.43. The van der Waals surface area contributed by atoms with Crippen LogP contribution in [-0.4, -0.2) is 100 Å². The topological polar surface area (TPSA) is 79.5 Å². The number of amides is 2. The number of morpholine rings is 1. The zero-order valence-corrected chi connectivity index (χ0v) is 23.5. The summed E-state index contributed by atoms with van der Waals surface area (Å²) in [4.78, 5) is 23.3. The average molecular weight is 537 g/mol. The highest BCUT2D eigenvalue weighted by Crippen LogP contribution is 2.41. The van der Waals surface area contributed by atoms with E-state index in [1.807, 2.05) is 31.1 Å². The maximum absolute atomic E-state index is 13.8. The van der Waals surface area contributed by atoms with E-state index >= 15 is 0 Å². The molecule has 1 atom stereocenters. The van der Waals surface area contributed by atoms with Crippen molar-refractivity contribution in [2.24, 2.45) is 0 Å². The average Bonchev–Trinajstić information content (AvgIpc) is 3.37. The third-order valence-corrected chi connectivity index (χ3v) is 7.77. The van der Waals surface area contributed by atoms with Crippen molar-refractivity contribution in [3.8, 4) is 17.2 Å². The molecule has 0 radical (unpaired) electrons. The van der Waals surface area contributed by atoms with E-state index in [2.05, 4.69) is 39.2 Å². The van der Waals surface area contributed by atoms with Crippen molar-refractivity contribution in [1.82, 2.24) is 19.7 Å². The van der Waals surface area contributed by atoms with Crippen LogP contribution in [0.25, 0.3) is 10.9 Å². The van der Waals surface area contributed by atoms with Crippen molar-refractivity contribution in [2.45, 2.75) is 25.3 Å². The lowest BCUT2D eigenvalue weighted by atomic mass is 9.88. The fourth-order valence-corrected chi connectivity index (χ4v) is 5.58. The predicted molar refractivity (Wildman–Crippen MR) is 151 cm³/mol. The fourth-order valence-electron chi connectivity index (χ4n) is 5.58. The monoisotopic (exact) mass is 536 g/mol. The van der Waals surface area contributed by atoms with Gasteiger partial charge in [0.1, 0.15) is 12.4 Å². The van der Waals surface area contributed by atoms with Gasteiger partial charge in [-0.25, -0.2) is 4.79 Å². The minimum Gasteiger partial charge on any atom is -0.497 e. The van der Waals surface area contributed by atoms with Crippen LogP contribution in [0.15, 0.2) is 36.5 Å². The van der Waals surface area contributed by atoms with Gasteiger partial charge in [-0.2, -0.15) is 0 Å². The minimum atomic E-state index is -0.0817. The van der Waals surface area contributed by atoms with Gasteiger partial charge in [0.15, 0.2) is 11.5 Å². The quantitative estimate of drug-likeness (QED) is 0.444. The summed E-state index contributed by atoms with van der Waals surface area (Å²) in [6, 6.07) is 10.3. The van der Waals surface area contributed by atoms with Crippen LogP contribution in [0.2, 0.25) is 0 Å². The molecule has 0 aliphatic carbocycles. The number of hydrogen-bond donors (Lipinski definition) is 1. The van der Waals surface area contributed by atoms with Crippen molar-refractivity contribution in [3.63, 3.8) is 0 Å². The van der Waals surface area contributed by atoms with Crippen molar-refractivity contribution in [1.29, 1.82) is 0 Å². The molecule has 1 fully saturated rings. The smallest absolute Gasteiger partial charge is 0.320 e. The number of aromatic amines is 1. The Morgan fingerprint density at radius 2 is 1.90 bits per heavy atom. The first-order valence-electron chi connectivity index (χ1n) is 13.7. The lowest BCUT2D eigenvalue weighted by molar-refractivity contribution is 0.0376. The molecule has 1 unspecified atom stereocenters. The lowest BCUT2D eigenvalue weighted by Gasteiger charge is -2.41. The van der Waals surface area contributed by atoms with Gasteiger partial charge in [-0.15, -0.1) is 0 Å². The molecule has 1 N–H and O–H groups in total. The van der Waals surface area contributed by atoms with Gasteiger partial charge in [0.25, 0.3) is 0 Å². The second kappa shape index (κ2) is 12.2. The van der Waals surface area contributed by atoms with Crippen LogP contribution < -0.4 is 14.2 Å². The summed E-state index contributed by atoms with van der Waals surface area (Å²) >= 11 is 0. The van der Waals surface area contributed by atoms with Crippen LogP contribution >= 0.6 is 0 Å². The highest BCUT2D eigenvalue weighted by atomic mass is 16.5. The zero-order valence-electron chi connectivity index (χ0n) is 23.5. The van der Waals surface area contributed by atoms with E-state index in [0.717, 1.165) is 59.5 Å². The summed E-state index contributed by atoms with van der Waals surface area (Å²) in [5.74, 6) is 2.30. The Morgan fingerprint density at radius 3 is 2.64 bits per heavy atom. The molecule has 2 aromatic carbocycles. The number of H-pyrrole nitrogens is 1. The third-order valence-electron chi connectivity index (χ3n) is 7.77. The molecule has 39 heavy (non-hydrogen) atoms. The third kappa shape index (κ3) is 5.94. The van der Waals surface area contributed by atoms with Crippen molar-refractivity contribution < 1.29 is 23.7 Å². The van der Waals surface area contributed by atoms with Gasteiger partial charge in [0, 0.05) is 43.3 Å². The molecule has 2 aliphatic heterocycles. The summed E-state index contributed by atoms with van der Waals surface area (Å²) in [7, 11) is 7.42. The Kier molecular flexibility index (Phi) is 8.47. The minimum absolute atomic E-state index is 0.0817. The maximum Gasteiger partial charge on any atom is 0.320 e. The van der Waals surface area contributed by atoms with E-state index in [-0.39, 0.29) is 12.1 Å². The Labute approximate surface area is 230 Å². The second-order valence-corrected chi connectivity index (χ2v) is 10.5. The van der Waals surface area contributed by atoms with Gasteiger partial charge in [-0.1, -0.05) is 0 Å². The van der Waals surface area contributed by atoms with Gasteiger partial charge in [-0.05, 0) is 80.4 Å². The molecule has 2 amide bonds. The molecule has 0 spiro atoms. The van der Waals surface area contributed by atoms with Gasteiger partial charge < -0.3 is 38.6 Å². The summed E-state index contributed by atoms with van der Waals surface area (Å²) < 4.78 is 22.9. The maximum atomic E-state index is 13.8. The Bertz CT molecular complexity index is 1280. The molecular formula is C30H40N4O5. The van der Waals surface area contributed by atoms with Crippen molar-refractivity contribution >= 4 is 16.9 Å². The fraction of sp³-hybridized carbons (Fsp3) is 0.500. The van der Waals surface area contributed by atoms with E-state index in [9.17, 15) is 4.79 Å². The van der Waals surface area contributed by atoms with Crippen LogP contribution in [0.5, 0.6) is 17.2 Å². The second-order valence-electron chi connectivity index (χ2n) is 10.5. The molecule has 5 rings (SSSR count). The molecule has 9 nitrogen and oxygen atoms in total. The number of carbonyl (C=O) groups is 1. The molecular weight excluding hydrogens is 496 g/mol. The van der Waals surface area contributed by atoms with Gasteiger partial charge in [-0.3, -0.25) is 0 Å². The normalized spacial score (nSPS) is 17.4. The Morgan fingerprint density at radius 1 is 1.08 bits per heavy atom. The molecule has 3 heterocycles. The number of nitrogens with one attached hydrogen (secondary N) is 1. The number of hydrogen-bond acceptors (Lipinski definition) is 6. The number of ether oxygens (including phenoxy) is 4. The number of aromatic nitrogens is 1. The number of rotatable bonds is 9. The number of likely N-dealkylation sites (N-methyl/N-ethyl adjacent to an activating group) is 1. The van der Waals surface area contributed by atoms with Crippen molar-refractivity contribution in [3.05, 3.63) is 53.2 Å². The molecule has 1 aromatic heterocycles. The molecule has 0 bridgehead atoms. The molecule has 3 aromatic rings. The first-order chi connectivity index (χ1) is 19.0. The molecule has 2 aliphatic rings. The van der Waals surface area contributed by atoms with E-state index in [4.69, 9.17) is 18.9 Å². The highest BCUT2D eigenvalue weighted by molar-refractivity contribution is 5.84. The van der Waals surface area contributed by atoms with Crippen LogP contribution in [0.4, 0.5) is 4.79 Å². The molecule has 9 heteroatoms. The molecule has 1 saturated heterocycles.